The van der Waals surface area contributed by atoms with Crippen LogP contribution in [0.5, 0.6) is 11.5 Å². The van der Waals surface area contributed by atoms with E-state index < -0.39 is 4.83 Å². The molecule has 1 rings (SSSR count). The fraction of sp³-hybridized carbons (Fsp3) is 0.500. The van der Waals surface area contributed by atoms with Gasteiger partial charge in [-0.1, -0.05) is 15.9 Å². The number of hydrogen-bond donors (Lipinski definition) is 1. The highest BCUT2D eigenvalue weighted by Gasteiger charge is 2.15. The lowest BCUT2D eigenvalue weighted by Crippen LogP contribution is -2.29. The number of aromatic nitrogens is 1. The molecule has 106 valence electrons. The van der Waals surface area contributed by atoms with Gasteiger partial charge in [0.2, 0.25) is 0 Å². The summed E-state index contributed by atoms with van der Waals surface area (Å²) < 4.78 is 15.1. The van der Waals surface area contributed by atoms with Crippen LogP contribution in [0.25, 0.3) is 0 Å². The van der Waals surface area contributed by atoms with Crippen molar-refractivity contribution in [2.45, 2.75) is 11.4 Å². The van der Waals surface area contributed by atoms with Gasteiger partial charge in [0, 0.05) is 25.4 Å². The molecule has 0 aliphatic carbocycles. The molecule has 1 atom stereocenters. The molecule has 1 aromatic rings. The number of esters is 1. The predicted octanol–water partition coefficient (Wildman–Crippen LogP) is 1.12. The number of pyridine rings is 1. The highest BCUT2D eigenvalue weighted by atomic mass is 79.9. The van der Waals surface area contributed by atoms with E-state index in [4.69, 9.17) is 9.47 Å². The van der Waals surface area contributed by atoms with Crippen LogP contribution in [0.4, 0.5) is 0 Å². The molecular weight excluding hydrogens is 316 g/mol. The van der Waals surface area contributed by atoms with Crippen molar-refractivity contribution in [3.05, 3.63) is 18.0 Å². The molecule has 0 saturated heterocycles. The van der Waals surface area contributed by atoms with E-state index in [0.717, 1.165) is 0 Å². The number of rotatable bonds is 7. The van der Waals surface area contributed by atoms with Gasteiger partial charge in [-0.25, -0.2) is 0 Å². The summed E-state index contributed by atoms with van der Waals surface area (Å²) in [4.78, 5) is 15.0. The minimum absolute atomic E-state index is 0.321. The second-order valence-electron chi connectivity index (χ2n) is 3.61. The fourth-order valence-electron chi connectivity index (χ4n) is 1.51. The number of carbonyl (C=O) groups is 1. The van der Waals surface area contributed by atoms with Crippen molar-refractivity contribution in [2.24, 2.45) is 0 Å². The van der Waals surface area contributed by atoms with Crippen LogP contribution >= 0.6 is 15.9 Å². The van der Waals surface area contributed by atoms with Gasteiger partial charge < -0.3 is 19.5 Å². The van der Waals surface area contributed by atoms with E-state index in [1.54, 1.807) is 26.5 Å². The third-order valence-electron chi connectivity index (χ3n) is 2.44. The number of halogens is 1. The van der Waals surface area contributed by atoms with Crippen LogP contribution in [0.3, 0.4) is 0 Å². The van der Waals surface area contributed by atoms with E-state index in [0.29, 0.717) is 30.3 Å². The summed E-state index contributed by atoms with van der Waals surface area (Å²) >= 11 is 3.23. The lowest BCUT2D eigenvalue weighted by molar-refractivity contribution is -0.139. The number of alkyl halides is 1. The van der Waals surface area contributed by atoms with Crippen molar-refractivity contribution in [1.82, 2.24) is 10.3 Å². The molecule has 0 aromatic carbocycles. The smallest absolute Gasteiger partial charge is 0.320 e. The molecule has 6 nitrogen and oxygen atoms in total. The zero-order chi connectivity index (χ0) is 14.3. The van der Waals surface area contributed by atoms with Crippen molar-refractivity contribution >= 4 is 21.9 Å². The molecule has 0 aliphatic heterocycles. The van der Waals surface area contributed by atoms with Crippen molar-refractivity contribution in [3.8, 4) is 11.5 Å². The maximum absolute atomic E-state index is 11.2. The number of nitrogens with one attached hydrogen (secondary N) is 1. The van der Waals surface area contributed by atoms with Gasteiger partial charge in [-0.05, 0) is 0 Å². The first-order valence-corrected chi connectivity index (χ1v) is 6.54. The molecule has 1 aromatic heterocycles. The van der Waals surface area contributed by atoms with Crippen LogP contribution in [0.1, 0.15) is 5.69 Å². The van der Waals surface area contributed by atoms with E-state index in [-0.39, 0.29) is 5.97 Å². The zero-order valence-corrected chi connectivity index (χ0v) is 12.7. The number of carbonyl (C=O) groups excluding carboxylic acids is 1. The van der Waals surface area contributed by atoms with Crippen LogP contribution in [-0.2, 0) is 16.1 Å². The number of nitrogens with zero attached hydrogens (tertiary/aromatic N) is 1. The van der Waals surface area contributed by atoms with E-state index in [1.807, 2.05) is 0 Å². The summed E-state index contributed by atoms with van der Waals surface area (Å²) in [5.41, 5.74) is 0.714. The maximum atomic E-state index is 11.2. The molecule has 1 heterocycles. The standard InChI is InChI=1S/C12H17BrN2O4/c1-17-10-4-5-15-9(11(10)18-2)7-14-6-8(13)12(16)19-3/h4-5,8,14H,6-7H2,1-3H3. The van der Waals surface area contributed by atoms with Gasteiger partial charge >= 0.3 is 5.97 Å². The summed E-state index contributed by atoms with van der Waals surface area (Å²) in [5.74, 6) is 0.886. The van der Waals surface area contributed by atoms with Crippen LogP contribution in [0.15, 0.2) is 12.3 Å². The van der Waals surface area contributed by atoms with E-state index >= 15 is 0 Å². The number of hydrogen-bond acceptors (Lipinski definition) is 6. The van der Waals surface area contributed by atoms with Crippen molar-refractivity contribution in [2.75, 3.05) is 27.9 Å². The quantitative estimate of drug-likeness (QED) is 0.596. The van der Waals surface area contributed by atoms with Gasteiger partial charge in [-0.2, -0.15) is 0 Å². The van der Waals surface area contributed by atoms with Crippen LogP contribution in [0.2, 0.25) is 0 Å². The minimum atomic E-state index is -0.394. The average molecular weight is 333 g/mol. The summed E-state index contributed by atoms with van der Waals surface area (Å²) in [6, 6.07) is 1.73. The maximum Gasteiger partial charge on any atom is 0.320 e. The first kappa shape index (κ1) is 15.7. The number of methoxy groups -OCH3 is 3. The van der Waals surface area contributed by atoms with Gasteiger partial charge in [-0.3, -0.25) is 9.78 Å². The molecule has 0 spiro atoms. The van der Waals surface area contributed by atoms with Gasteiger partial charge in [0.05, 0.1) is 27.0 Å². The fourth-order valence-corrected chi connectivity index (χ4v) is 1.92. The third kappa shape index (κ3) is 4.36. The lowest BCUT2D eigenvalue weighted by Gasteiger charge is -2.13. The van der Waals surface area contributed by atoms with Crippen molar-refractivity contribution in [3.63, 3.8) is 0 Å². The highest BCUT2D eigenvalue weighted by molar-refractivity contribution is 9.10. The summed E-state index contributed by atoms with van der Waals surface area (Å²) in [6.45, 7) is 0.883. The Hall–Kier alpha value is -1.34. The van der Waals surface area contributed by atoms with Crippen LogP contribution in [0, 0.1) is 0 Å². The summed E-state index contributed by atoms with van der Waals surface area (Å²) in [6.07, 6.45) is 1.64. The molecule has 1 unspecified atom stereocenters. The normalized spacial score (nSPS) is 11.8. The first-order chi connectivity index (χ1) is 9.13. The topological polar surface area (TPSA) is 69.7 Å². The molecule has 1 N–H and O–H groups in total. The lowest BCUT2D eigenvalue weighted by atomic mass is 10.3. The molecule has 0 aliphatic rings. The Morgan fingerprint density at radius 1 is 1.42 bits per heavy atom. The van der Waals surface area contributed by atoms with Crippen molar-refractivity contribution < 1.29 is 19.0 Å². The Labute approximate surface area is 120 Å². The molecule has 7 heteroatoms. The van der Waals surface area contributed by atoms with Gasteiger partial charge in [-0.15, -0.1) is 0 Å². The number of ether oxygens (including phenoxy) is 3. The Bertz CT molecular complexity index is 428. The molecule has 0 bridgehead atoms. The molecule has 19 heavy (non-hydrogen) atoms. The summed E-state index contributed by atoms with van der Waals surface area (Å²) in [7, 11) is 4.48. The Kier molecular flexibility index (Phi) is 6.58. The summed E-state index contributed by atoms with van der Waals surface area (Å²) in [5, 5.41) is 3.10. The van der Waals surface area contributed by atoms with E-state index in [1.165, 1.54) is 7.11 Å². The monoisotopic (exact) mass is 332 g/mol. The zero-order valence-electron chi connectivity index (χ0n) is 11.1. The molecule has 0 amide bonds. The van der Waals surface area contributed by atoms with E-state index in [2.05, 4.69) is 31.0 Å². The van der Waals surface area contributed by atoms with Gasteiger partial charge in [0.25, 0.3) is 0 Å². The molecular formula is C12H17BrN2O4. The highest BCUT2D eigenvalue weighted by Crippen LogP contribution is 2.28. The third-order valence-corrected chi connectivity index (χ3v) is 3.14. The molecule has 0 saturated carbocycles. The Morgan fingerprint density at radius 3 is 2.74 bits per heavy atom. The molecule has 0 fully saturated rings. The largest absolute Gasteiger partial charge is 0.493 e. The average Bonchev–Trinajstić information content (AvgIpc) is 2.45. The van der Waals surface area contributed by atoms with Crippen LogP contribution < -0.4 is 14.8 Å². The van der Waals surface area contributed by atoms with Crippen LogP contribution in [-0.4, -0.2) is 43.7 Å². The minimum Gasteiger partial charge on any atom is -0.493 e. The van der Waals surface area contributed by atoms with E-state index in [9.17, 15) is 4.79 Å². The van der Waals surface area contributed by atoms with Gasteiger partial charge in [0.1, 0.15) is 4.83 Å². The second kappa shape index (κ2) is 7.96. The Balaban J connectivity index is 2.60. The van der Waals surface area contributed by atoms with Crippen molar-refractivity contribution in [1.29, 1.82) is 0 Å². The predicted molar refractivity (Wildman–Crippen MR) is 73.8 cm³/mol. The second-order valence-corrected chi connectivity index (χ2v) is 4.72. The van der Waals surface area contributed by atoms with Gasteiger partial charge in [0.15, 0.2) is 11.5 Å². The SMILES string of the molecule is COC(=O)C(Br)CNCc1nccc(OC)c1OC. The Morgan fingerprint density at radius 2 is 2.16 bits per heavy atom. The first-order valence-electron chi connectivity index (χ1n) is 5.62. The molecule has 0 radical (unpaired) electrons.